The molecule has 1 aliphatic rings. The van der Waals surface area contributed by atoms with Crippen molar-refractivity contribution in [1.29, 1.82) is 0 Å². The van der Waals surface area contributed by atoms with Gasteiger partial charge in [-0.2, -0.15) is 0 Å². The van der Waals surface area contributed by atoms with Crippen LogP contribution >= 0.6 is 28.1 Å². The highest BCUT2D eigenvalue weighted by Gasteiger charge is 2.32. The first kappa shape index (κ1) is 16.8. The second kappa shape index (κ2) is 7.11. The van der Waals surface area contributed by atoms with E-state index in [1.807, 2.05) is 18.2 Å². The zero-order chi connectivity index (χ0) is 16.3. The standard InChI is InChI=1S/C15H17BrN2O3S/c1-4-21-14(19)12-8(2)17-15(22)18-13(12)10-7-9(20-3)5-6-11(10)16/h5-7,13H,4H2,1-3H3,(H2,17,18,22)/t13-/m1/s1. The number of hydrogen-bond donors (Lipinski definition) is 2. The minimum absolute atomic E-state index is 0.312. The van der Waals surface area contributed by atoms with Gasteiger partial charge in [-0.1, -0.05) is 15.9 Å². The van der Waals surface area contributed by atoms with Crippen LogP contribution < -0.4 is 15.4 Å². The van der Waals surface area contributed by atoms with Crippen molar-refractivity contribution in [3.63, 3.8) is 0 Å². The second-order valence-corrected chi connectivity index (χ2v) is 5.94. The van der Waals surface area contributed by atoms with Gasteiger partial charge in [0.05, 0.1) is 25.3 Å². The normalized spacial score (nSPS) is 17.6. The summed E-state index contributed by atoms with van der Waals surface area (Å²) < 4.78 is 11.3. The minimum Gasteiger partial charge on any atom is -0.497 e. The Morgan fingerprint density at radius 1 is 1.45 bits per heavy atom. The fourth-order valence-corrected chi connectivity index (χ4v) is 3.02. The van der Waals surface area contributed by atoms with Crippen LogP contribution in [0, 0.1) is 0 Å². The molecule has 0 spiro atoms. The Morgan fingerprint density at radius 2 is 2.18 bits per heavy atom. The van der Waals surface area contributed by atoms with Crippen molar-refractivity contribution in [3.05, 3.63) is 39.5 Å². The molecule has 0 amide bonds. The first-order valence-corrected chi connectivity index (χ1v) is 7.96. The van der Waals surface area contributed by atoms with Gasteiger partial charge < -0.3 is 20.1 Å². The van der Waals surface area contributed by atoms with Gasteiger partial charge >= 0.3 is 5.97 Å². The summed E-state index contributed by atoms with van der Waals surface area (Å²) in [6.07, 6.45) is 0. The number of ether oxygens (including phenoxy) is 2. The van der Waals surface area contributed by atoms with Gasteiger partial charge in [0, 0.05) is 10.2 Å². The van der Waals surface area contributed by atoms with Gasteiger partial charge in [-0.25, -0.2) is 4.79 Å². The molecule has 1 heterocycles. The maximum absolute atomic E-state index is 12.3. The Bertz CT molecular complexity index is 646. The number of nitrogens with one attached hydrogen (secondary N) is 2. The molecule has 0 unspecified atom stereocenters. The number of benzene rings is 1. The number of esters is 1. The summed E-state index contributed by atoms with van der Waals surface area (Å²) in [4.78, 5) is 12.3. The Hall–Kier alpha value is -1.60. The van der Waals surface area contributed by atoms with Crippen molar-refractivity contribution in [2.24, 2.45) is 0 Å². The lowest BCUT2D eigenvalue weighted by atomic mass is 9.95. The van der Waals surface area contributed by atoms with Gasteiger partial charge in [-0.3, -0.25) is 0 Å². The Labute approximate surface area is 143 Å². The van der Waals surface area contributed by atoms with E-state index in [2.05, 4.69) is 26.6 Å². The van der Waals surface area contributed by atoms with E-state index in [0.717, 1.165) is 10.0 Å². The van der Waals surface area contributed by atoms with Crippen molar-refractivity contribution in [2.45, 2.75) is 19.9 Å². The molecular formula is C15H17BrN2O3S. The molecule has 0 radical (unpaired) electrons. The van der Waals surface area contributed by atoms with E-state index in [4.69, 9.17) is 21.7 Å². The average molecular weight is 385 g/mol. The molecule has 0 aliphatic carbocycles. The monoisotopic (exact) mass is 384 g/mol. The largest absolute Gasteiger partial charge is 0.497 e. The van der Waals surface area contributed by atoms with Crippen LogP contribution in [0.15, 0.2) is 33.9 Å². The van der Waals surface area contributed by atoms with Gasteiger partial charge in [-0.05, 0) is 49.8 Å². The number of halogens is 1. The van der Waals surface area contributed by atoms with E-state index in [1.165, 1.54) is 0 Å². The summed E-state index contributed by atoms with van der Waals surface area (Å²) in [5.41, 5.74) is 2.04. The van der Waals surface area contributed by atoms with Crippen LogP contribution in [0.3, 0.4) is 0 Å². The van der Waals surface area contributed by atoms with Crippen LogP contribution in [-0.4, -0.2) is 24.8 Å². The van der Waals surface area contributed by atoms with E-state index >= 15 is 0 Å². The van der Waals surface area contributed by atoms with Gasteiger partial charge in [-0.15, -0.1) is 0 Å². The SMILES string of the molecule is CCOC(=O)C1=C(C)NC(=S)N[C@@H]1c1cc(OC)ccc1Br. The maximum Gasteiger partial charge on any atom is 0.338 e. The highest BCUT2D eigenvalue weighted by atomic mass is 79.9. The van der Waals surface area contributed by atoms with E-state index in [0.29, 0.717) is 28.7 Å². The van der Waals surface area contributed by atoms with Crippen molar-refractivity contribution in [2.75, 3.05) is 13.7 Å². The number of hydrogen-bond acceptors (Lipinski definition) is 4. The third-order valence-corrected chi connectivity index (χ3v) is 4.22. The van der Waals surface area contributed by atoms with Crippen molar-refractivity contribution in [1.82, 2.24) is 10.6 Å². The van der Waals surface area contributed by atoms with E-state index in [9.17, 15) is 4.79 Å². The van der Waals surface area contributed by atoms with Gasteiger partial charge in [0.1, 0.15) is 5.75 Å². The van der Waals surface area contributed by atoms with Crippen molar-refractivity contribution < 1.29 is 14.3 Å². The number of carbonyl (C=O) groups is 1. The highest BCUT2D eigenvalue weighted by molar-refractivity contribution is 9.10. The average Bonchev–Trinajstić information content (AvgIpc) is 2.47. The summed E-state index contributed by atoms with van der Waals surface area (Å²) >= 11 is 8.73. The zero-order valence-corrected chi connectivity index (χ0v) is 14.9. The summed E-state index contributed by atoms with van der Waals surface area (Å²) in [5, 5.41) is 6.55. The van der Waals surface area contributed by atoms with E-state index in [1.54, 1.807) is 21.0 Å². The van der Waals surface area contributed by atoms with Gasteiger partial charge in [0.2, 0.25) is 0 Å². The third-order valence-electron chi connectivity index (χ3n) is 3.28. The number of thiocarbonyl (C=S) groups is 1. The molecule has 0 saturated heterocycles. The molecule has 1 aliphatic heterocycles. The Kier molecular flexibility index (Phi) is 5.42. The first-order valence-electron chi connectivity index (χ1n) is 6.76. The first-order chi connectivity index (χ1) is 10.5. The molecule has 118 valence electrons. The lowest BCUT2D eigenvalue weighted by Gasteiger charge is -2.30. The molecule has 7 heteroatoms. The molecule has 2 N–H and O–H groups in total. The molecule has 0 fully saturated rings. The molecule has 1 atom stereocenters. The van der Waals surface area contributed by atoms with Crippen molar-refractivity contribution in [3.8, 4) is 5.75 Å². The number of rotatable bonds is 4. The highest BCUT2D eigenvalue weighted by Crippen LogP contribution is 2.34. The van der Waals surface area contributed by atoms with Crippen LogP contribution in [-0.2, 0) is 9.53 Å². The number of methoxy groups -OCH3 is 1. The smallest absolute Gasteiger partial charge is 0.338 e. The molecule has 0 aromatic heterocycles. The van der Waals surface area contributed by atoms with E-state index < -0.39 is 6.04 Å². The third kappa shape index (κ3) is 3.41. The molecule has 0 bridgehead atoms. The summed E-state index contributed by atoms with van der Waals surface area (Å²) in [6, 6.07) is 5.17. The summed E-state index contributed by atoms with van der Waals surface area (Å²) in [7, 11) is 1.60. The second-order valence-electron chi connectivity index (χ2n) is 4.68. The topological polar surface area (TPSA) is 59.6 Å². The summed E-state index contributed by atoms with van der Waals surface area (Å²) in [5.74, 6) is 0.326. The van der Waals surface area contributed by atoms with Crippen LogP contribution in [0.5, 0.6) is 5.75 Å². The molecule has 22 heavy (non-hydrogen) atoms. The lowest BCUT2D eigenvalue weighted by molar-refractivity contribution is -0.139. The summed E-state index contributed by atoms with van der Waals surface area (Å²) in [6.45, 7) is 3.89. The minimum atomic E-state index is -0.405. The van der Waals surface area contributed by atoms with Crippen molar-refractivity contribution >= 4 is 39.2 Å². The fraction of sp³-hybridized carbons (Fsp3) is 0.333. The zero-order valence-electron chi connectivity index (χ0n) is 12.5. The Morgan fingerprint density at radius 3 is 2.82 bits per heavy atom. The quantitative estimate of drug-likeness (QED) is 0.614. The lowest BCUT2D eigenvalue weighted by Crippen LogP contribution is -2.45. The number of carbonyl (C=O) groups excluding carboxylic acids is 1. The molecule has 1 aromatic rings. The fourth-order valence-electron chi connectivity index (χ4n) is 2.28. The molecule has 2 rings (SSSR count). The van der Waals surface area contributed by atoms with E-state index in [-0.39, 0.29) is 5.97 Å². The molecule has 5 nitrogen and oxygen atoms in total. The Balaban J connectivity index is 2.52. The van der Waals surface area contributed by atoms with Crippen LogP contribution in [0.25, 0.3) is 0 Å². The number of allylic oxidation sites excluding steroid dienone is 1. The van der Waals surface area contributed by atoms with Crippen LogP contribution in [0.2, 0.25) is 0 Å². The van der Waals surface area contributed by atoms with Gasteiger partial charge in [0.15, 0.2) is 5.11 Å². The predicted molar refractivity (Wildman–Crippen MR) is 91.6 cm³/mol. The molecule has 0 saturated carbocycles. The van der Waals surface area contributed by atoms with Crippen LogP contribution in [0.4, 0.5) is 0 Å². The predicted octanol–water partition coefficient (Wildman–Crippen LogP) is 2.81. The maximum atomic E-state index is 12.3. The van der Waals surface area contributed by atoms with Crippen LogP contribution in [0.1, 0.15) is 25.5 Å². The molecule has 1 aromatic carbocycles. The van der Waals surface area contributed by atoms with Gasteiger partial charge in [0.25, 0.3) is 0 Å². The molecular weight excluding hydrogens is 368 g/mol.